The van der Waals surface area contributed by atoms with E-state index in [2.05, 4.69) is 52.8 Å². The van der Waals surface area contributed by atoms with E-state index >= 15 is 0 Å². The lowest BCUT2D eigenvalue weighted by atomic mass is 9.97. The first-order valence-corrected chi connectivity index (χ1v) is 10.9. The summed E-state index contributed by atoms with van der Waals surface area (Å²) in [5, 5.41) is 0. The SMILES string of the molecule is COc1ccc(C/C=C(\C)C(C/C=C(\C)CC[C@@H]2OC2(C)C)OC(C)=O)c(C)c1C. The fourth-order valence-corrected chi connectivity index (χ4v) is 3.73. The largest absolute Gasteiger partial charge is 0.496 e. The number of esters is 1. The third kappa shape index (κ3) is 6.73. The number of allylic oxidation sites excluding steroid dienone is 2. The quantitative estimate of drug-likeness (QED) is 0.267. The Bertz CT molecular complexity index is 817. The van der Waals surface area contributed by atoms with Gasteiger partial charge >= 0.3 is 5.97 Å². The molecule has 1 unspecified atom stereocenters. The Labute approximate surface area is 182 Å². The van der Waals surface area contributed by atoms with Crippen molar-refractivity contribution in [2.24, 2.45) is 0 Å². The Hall–Kier alpha value is -2.07. The maximum Gasteiger partial charge on any atom is 0.303 e. The van der Waals surface area contributed by atoms with Crippen LogP contribution in [0.25, 0.3) is 0 Å². The lowest BCUT2D eigenvalue weighted by Crippen LogP contribution is -2.17. The number of benzene rings is 1. The van der Waals surface area contributed by atoms with Crippen molar-refractivity contribution in [3.05, 3.63) is 52.1 Å². The number of hydrogen-bond acceptors (Lipinski definition) is 4. The number of carbonyl (C=O) groups excluding carboxylic acids is 1. The van der Waals surface area contributed by atoms with Crippen molar-refractivity contribution in [2.45, 2.75) is 92.0 Å². The van der Waals surface area contributed by atoms with Crippen LogP contribution in [0.15, 0.2) is 35.4 Å². The van der Waals surface area contributed by atoms with E-state index in [1.807, 2.05) is 13.0 Å². The standard InChI is InChI=1S/C26H38O4/c1-17(10-16-25-26(6,7)30-25)9-14-23(29-21(5)27)18(2)11-12-22-13-15-24(28-8)20(4)19(22)3/h9,11,13,15,23,25H,10,12,14,16H2,1-8H3/b17-9+,18-11+/t23?,25-/m0/s1. The molecule has 1 heterocycles. The highest BCUT2D eigenvalue weighted by Crippen LogP contribution is 2.39. The van der Waals surface area contributed by atoms with Crippen molar-refractivity contribution in [3.63, 3.8) is 0 Å². The molecule has 4 nitrogen and oxygen atoms in total. The van der Waals surface area contributed by atoms with E-state index in [9.17, 15) is 4.79 Å². The second-order valence-corrected chi connectivity index (χ2v) is 8.96. The minimum Gasteiger partial charge on any atom is -0.496 e. The molecule has 2 rings (SSSR count). The molecule has 0 amide bonds. The molecule has 0 spiro atoms. The van der Waals surface area contributed by atoms with Gasteiger partial charge in [0, 0.05) is 13.3 Å². The number of hydrogen-bond donors (Lipinski definition) is 0. The van der Waals surface area contributed by atoms with Crippen molar-refractivity contribution >= 4 is 5.97 Å². The second-order valence-electron chi connectivity index (χ2n) is 8.96. The van der Waals surface area contributed by atoms with E-state index < -0.39 is 0 Å². The molecule has 0 aliphatic carbocycles. The van der Waals surface area contributed by atoms with Gasteiger partial charge in [-0.3, -0.25) is 4.79 Å². The summed E-state index contributed by atoms with van der Waals surface area (Å²) in [6.45, 7) is 14.1. The van der Waals surface area contributed by atoms with Gasteiger partial charge in [-0.2, -0.15) is 0 Å². The van der Waals surface area contributed by atoms with Gasteiger partial charge in [0.1, 0.15) is 11.9 Å². The van der Waals surface area contributed by atoms with E-state index in [1.165, 1.54) is 29.2 Å². The summed E-state index contributed by atoms with van der Waals surface area (Å²) < 4.78 is 16.7. The minimum absolute atomic E-state index is 0.0395. The Morgan fingerprint density at radius 1 is 1.17 bits per heavy atom. The molecule has 0 radical (unpaired) electrons. The number of ether oxygens (including phenoxy) is 3. The predicted molar refractivity (Wildman–Crippen MR) is 122 cm³/mol. The van der Waals surface area contributed by atoms with E-state index in [1.54, 1.807) is 7.11 Å². The van der Waals surface area contributed by atoms with E-state index in [0.717, 1.165) is 30.6 Å². The van der Waals surface area contributed by atoms with Crippen molar-refractivity contribution in [2.75, 3.05) is 7.11 Å². The zero-order chi connectivity index (χ0) is 22.5. The molecule has 1 aliphatic rings. The molecular weight excluding hydrogens is 376 g/mol. The van der Waals surface area contributed by atoms with Crippen LogP contribution in [-0.2, 0) is 20.7 Å². The van der Waals surface area contributed by atoms with Gasteiger partial charge in [0.25, 0.3) is 0 Å². The topological polar surface area (TPSA) is 48.1 Å². The van der Waals surface area contributed by atoms with Crippen molar-refractivity contribution in [1.29, 1.82) is 0 Å². The highest BCUT2D eigenvalue weighted by Gasteiger charge is 2.46. The molecule has 1 aromatic rings. The summed E-state index contributed by atoms with van der Waals surface area (Å²) in [7, 11) is 1.70. The van der Waals surface area contributed by atoms with Gasteiger partial charge in [0.2, 0.25) is 0 Å². The maximum atomic E-state index is 11.6. The average Bonchev–Trinajstić information content (AvgIpc) is 3.30. The van der Waals surface area contributed by atoms with Crippen LogP contribution in [-0.4, -0.2) is 30.9 Å². The molecular formula is C26H38O4. The van der Waals surface area contributed by atoms with E-state index in [0.29, 0.717) is 12.5 Å². The number of rotatable bonds is 10. The number of epoxide rings is 1. The third-order valence-corrected chi connectivity index (χ3v) is 6.18. The molecule has 4 heteroatoms. The van der Waals surface area contributed by atoms with E-state index in [4.69, 9.17) is 14.2 Å². The fourth-order valence-electron chi connectivity index (χ4n) is 3.73. The molecule has 1 aliphatic heterocycles. The first-order valence-electron chi connectivity index (χ1n) is 10.9. The van der Waals surface area contributed by atoms with Crippen LogP contribution in [0, 0.1) is 13.8 Å². The van der Waals surface area contributed by atoms with Crippen LogP contribution in [0.3, 0.4) is 0 Å². The summed E-state index contributed by atoms with van der Waals surface area (Å²) in [5.41, 5.74) is 6.09. The van der Waals surface area contributed by atoms with Crippen LogP contribution in [0.5, 0.6) is 5.75 Å². The zero-order valence-electron chi connectivity index (χ0n) is 19.9. The molecule has 0 saturated carbocycles. The van der Waals surface area contributed by atoms with Crippen molar-refractivity contribution in [1.82, 2.24) is 0 Å². The highest BCUT2D eigenvalue weighted by atomic mass is 16.6. The summed E-state index contributed by atoms with van der Waals surface area (Å²) >= 11 is 0. The van der Waals surface area contributed by atoms with Crippen LogP contribution in [0.1, 0.15) is 70.6 Å². The fraction of sp³-hybridized carbons (Fsp3) is 0.577. The van der Waals surface area contributed by atoms with Crippen LogP contribution >= 0.6 is 0 Å². The van der Waals surface area contributed by atoms with Crippen LogP contribution < -0.4 is 4.74 Å². The molecule has 1 saturated heterocycles. The van der Waals surface area contributed by atoms with Gasteiger partial charge in [0.05, 0.1) is 18.8 Å². The summed E-state index contributed by atoms with van der Waals surface area (Å²) in [5.74, 6) is 0.666. The number of methoxy groups -OCH3 is 1. The van der Waals surface area contributed by atoms with Gasteiger partial charge in [-0.05, 0) is 89.1 Å². The summed E-state index contributed by atoms with van der Waals surface area (Å²) in [6, 6.07) is 4.12. The molecule has 0 bridgehead atoms. The molecule has 1 fully saturated rings. The smallest absolute Gasteiger partial charge is 0.303 e. The highest BCUT2D eigenvalue weighted by molar-refractivity contribution is 5.66. The Morgan fingerprint density at radius 2 is 1.83 bits per heavy atom. The maximum absolute atomic E-state index is 11.6. The summed E-state index contributed by atoms with van der Waals surface area (Å²) in [4.78, 5) is 11.6. The first-order chi connectivity index (χ1) is 14.0. The lowest BCUT2D eigenvalue weighted by Gasteiger charge is -2.18. The summed E-state index contributed by atoms with van der Waals surface area (Å²) in [6.07, 6.45) is 8.05. The van der Waals surface area contributed by atoms with Gasteiger partial charge in [-0.1, -0.05) is 23.8 Å². The van der Waals surface area contributed by atoms with Gasteiger partial charge < -0.3 is 14.2 Å². The third-order valence-electron chi connectivity index (χ3n) is 6.18. The minimum atomic E-state index is -0.247. The Kier molecular flexibility index (Phi) is 8.31. The average molecular weight is 415 g/mol. The number of carbonyl (C=O) groups is 1. The van der Waals surface area contributed by atoms with Crippen molar-refractivity contribution < 1.29 is 19.0 Å². The molecule has 0 aromatic heterocycles. The monoisotopic (exact) mass is 414 g/mol. The van der Waals surface area contributed by atoms with Gasteiger partial charge in [-0.25, -0.2) is 0 Å². The van der Waals surface area contributed by atoms with Crippen LogP contribution in [0.4, 0.5) is 0 Å². The van der Waals surface area contributed by atoms with Crippen molar-refractivity contribution in [3.8, 4) is 5.75 Å². The molecule has 0 N–H and O–H groups in total. The van der Waals surface area contributed by atoms with E-state index in [-0.39, 0.29) is 17.7 Å². The normalized spacial score (nSPS) is 19.4. The molecule has 30 heavy (non-hydrogen) atoms. The zero-order valence-corrected chi connectivity index (χ0v) is 19.9. The van der Waals surface area contributed by atoms with Gasteiger partial charge in [0.15, 0.2) is 0 Å². The predicted octanol–water partition coefficient (Wildman–Crippen LogP) is 6.03. The van der Waals surface area contributed by atoms with Crippen LogP contribution in [0.2, 0.25) is 0 Å². The lowest BCUT2D eigenvalue weighted by molar-refractivity contribution is -0.144. The molecule has 166 valence electrons. The molecule has 2 atom stereocenters. The van der Waals surface area contributed by atoms with Gasteiger partial charge in [-0.15, -0.1) is 0 Å². The molecule has 1 aromatic carbocycles. The first kappa shape index (κ1) is 24.2. The Balaban J connectivity index is 2.02. The Morgan fingerprint density at radius 3 is 2.40 bits per heavy atom. The second kappa shape index (κ2) is 10.3.